The number of nitrogens with zero attached hydrogens (tertiary/aromatic N) is 2. The van der Waals surface area contributed by atoms with Crippen molar-refractivity contribution in [1.82, 2.24) is 9.80 Å². The van der Waals surface area contributed by atoms with Gasteiger partial charge in [0.05, 0.1) is 17.1 Å². The van der Waals surface area contributed by atoms with Gasteiger partial charge in [0, 0.05) is 52.5 Å². The Bertz CT molecular complexity index is 1290. The molecule has 2 bridgehead atoms. The molecule has 190 valence electrons. The summed E-state index contributed by atoms with van der Waals surface area (Å²) in [6.45, 7) is 7.49. The van der Waals surface area contributed by atoms with Crippen molar-refractivity contribution in [2.24, 2.45) is 0 Å². The summed E-state index contributed by atoms with van der Waals surface area (Å²) in [6.07, 6.45) is 7.91. The molecule has 2 N–H and O–H groups in total. The molecule has 36 heavy (non-hydrogen) atoms. The third-order valence-corrected chi connectivity index (χ3v) is 11.0. The lowest BCUT2D eigenvalue weighted by Gasteiger charge is -2.67. The van der Waals surface area contributed by atoms with Gasteiger partial charge in [-0.2, -0.15) is 0 Å². The van der Waals surface area contributed by atoms with Crippen LogP contribution in [0.15, 0.2) is 46.8 Å². The highest BCUT2D eigenvalue weighted by Crippen LogP contribution is 2.69. The van der Waals surface area contributed by atoms with Gasteiger partial charge in [-0.3, -0.25) is 9.69 Å². The number of carbonyl (C=O) groups is 1. The molecule has 0 unspecified atom stereocenters. The first-order valence-electron chi connectivity index (χ1n) is 12.5. The second-order valence-corrected chi connectivity index (χ2v) is 12.6. The third kappa shape index (κ3) is 2.98. The Kier molecular flexibility index (Phi) is 5.51. The maximum atomic E-state index is 13.4. The quantitative estimate of drug-likeness (QED) is 0.409. The summed E-state index contributed by atoms with van der Waals surface area (Å²) in [5.74, 6) is 0.479. The van der Waals surface area contributed by atoms with Crippen molar-refractivity contribution < 1.29 is 19.7 Å². The predicted octanol–water partition coefficient (Wildman–Crippen LogP) is 4.49. The van der Waals surface area contributed by atoms with Gasteiger partial charge in [0.15, 0.2) is 11.5 Å². The lowest BCUT2D eigenvalue weighted by Crippen LogP contribution is -2.82. The Morgan fingerprint density at radius 2 is 2.22 bits per heavy atom. The molecule has 1 saturated heterocycles. The number of likely N-dealkylation sites (tertiary alicyclic amines) is 1. The number of benzene rings is 1. The van der Waals surface area contributed by atoms with E-state index in [1.54, 1.807) is 28.4 Å². The molecule has 1 amide bonds. The summed E-state index contributed by atoms with van der Waals surface area (Å²) in [5, 5.41) is 25.5. The number of aliphatic hydroxyl groups is 1. The maximum Gasteiger partial charge on any atom is 0.246 e. The van der Waals surface area contributed by atoms with Gasteiger partial charge in [0.1, 0.15) is 5.60 Å². The van der Waals surface area contributed by atoms with E-state index < -0.39 is 16.6 Å². The molecule has 6 nitrogen and oxygen atoms in total. The van der Waals surface area contributed by atoms with Crippen LogP contribution in [0.4, 0.5) is 0 Å². The number of aromatic hydroxyl groups is 1. The van der Waals surface area contributed by atoms with Crippen molar-refractivity contribution in [2.45, 2.75) is 61.3 Å². The molecule has 2 aliphatic heterocycles. The fourth-order valence-electron chi connectivity index (χ4n) is 7.85. The molecular weight excluding hydrogens is 540 g/mol. The van der Waals surface area contributed by atoms with E-state index in [0.717, 1.165) is 27.0 Å². The van der Waals surface area contributed by atoms with Gasteiger partial charge < -0.3 is 19.8 Å². The summed E-state index contributed by atoms with van der Waals surface area (Å²) in [4.78, 5) is 18.5. The number of hydrogen-bond donors (Lipinski definition) is 2. The normalized spacial score (nSPS) is 34.3. The highest BCUT2D eigenvalue weighted by Gasteiger charge is 2.78. The van der Waals surface area contributed by atoms with Gasteiger partial charge in [-0.15, -0.1) is 17.9 Å². The van der Waals surface area contributed by atoms with Crippen molar-refractivity contribution in [3.63, 3.8) is 0 Å². The minimum atomic E-state index is -1.03. The molecule has 2 aliphatic carbocycles. The summed E-state index contributed by atoms with van der Waals surface area (Å²) in [5.41, 5.74) is -0.573. The topological polar surface area (TPSA) is 73.2 Å². The molecule has 3 heterocycles. The van der Waals surface area contributed by atoms with Gasteiger partial charge in [0.2, 0.25) is 5.91 Å². The Morgan fingerprint density at radius 3 is 2.94 bits per heavy atom. The third-order valence-electron chi connectivity index (χ3n) is 9.32. The Labute approximate surface area is 224 Å². The number of amides is 1. The molecule has 2 fully saturated rings. The SMILES string of the molecule is C=CCN1CC[C@]23c4c5ccc(O)c4O[C@@]2(C)[C@@H](N(C)C(=O)/C=C/c2cc(Br)cs2)CC[C@@]3(O)[C@H]1C5. The Hall–Kier alpha value is -2.13. The summed E-state index contributed by atoms with van der Waals surface area (Å²) < 4.78 is 7.73. The van der Waals surface area contributed by atoms with Crippen LogP contribution >= 0.6 is 27.3 Å². The number of piperidine rings is 1. The van der Waals surface area contributed by atoms with E-state index in [9.17, 15) is 15.0 Å². The monoisotopic (exact) mass is 570 g/mol. The van der Waals surface area contributed by atoms with Gasteiger partial charge in [-0.25, -0.2) is 0 Å². The number of thiophene rings is 1. The smallest absolute Gasteiger partial charge is 0.246 e. The van der Waals surface area contributed by atoms with Crippen molar-refractivity contribution >= 4 is 39.2 Å². The lowest BCUT2D eigenvalue weighted by atomic mass is 9.44. The van der Waals surface area contributed by atoms with E-state index in [0.29, 0.717) is 38.0 Å². The van der Waals surface area contributed by atoms with Crippen molar-refractivity contribution in [2.75, 3.05) is 20.1 Å². The minimum absolute atomic E-state index is 0.0747. The molecule has 1 aromatic carbocycles. The average molecular weight is 572 g/mol. The number of hydrogen-bond acceptors (Lipinski definition) is 6. The number of phenolic OH excluding ortho intramolecular Hbond substituents is 1. The second-order valence-electron chi connectivity index (χ2n) is 10.7. The van der Waals surface area contributed by atoms with E-state index in [4.69, 9.17) is 4.74 Å². The molecule has 6 rings (SSSR count). The Balaban J connectivity index is 1.44. The van der Waals surface area contributed by atoms with Crippen molar-refractivity contribution in [1.29, 1.82) is 0 Å². The van der Waals surface area contributed by atoms with Crippen LogP contribution in [0, 0.1) is 0 Å². The van der Waals surface area contributed by atoms with Crippen LogP contribution in [0.3, 0.4) is 0 Å². The number of halogens is 1. The van der Waals surface area contributed by atoms with Gasteiger partial charge in [-0.05, 0) is 72.3 Å². The molecule has 1 aromatic heterocycles. The molecule has 4 aliphatic rings. The number of rotatable bonds is 5. The molecule has 8 heteroatoms. The second kappa shape index (κ2) is 8.18. The van der Waals surface area contributed by atoms with E-state index in [-0.39, 0.29) is 23.7 Å². The molecule has 2 aromatic rings. The first-order valence-corrected chi connectivity index (χ1v) is 14.1. The highest BCUT2D eigenvalue weighted by molar-refractivity contribution is 9.10. The zero-order valence-electron chi connectivity index (χ0n) is 20.5. The van der Waals surface area contributed by atoms with Crippen LogP contribution in [0.1, 0.15) is 42.2 Å². The predicted molar refractivity (Wildman–Crippen MR) is 144 cm³/mol. The van der Waals surface area contributed by atoms with Gasteiger partial charge >= 0.3 is 0 Å². The fourth-order valence-corrected chi connectivity index (χ4v) is 9.19. The Morgan fingerprint density at radius 1 is 1.42 bits per heavy atom. The van der Waals surface area contributed by atoms with Crippen LogP contribution < -0.4 is 4.74 Å². The van der Waals surface area contributed by atoms with Gasteiger partial charge in [-0.1, -0.05) is 12.1 Å². The van der Waals surface area contributed by atoms with Gasteiger partial charge in [0.25, 0.3) is 0 Å². The molecule has 1 spiro atoms. The number of carbonyl (C=O) groups excluding carboxylic acids is 1. The zero-order valence-corrected chi connectivity index (χ0v) is 22.9. The van der Waals surface area contributed by atoms with Crippen LogP contribution in [-0.4, -0.2) is 69.3 Å². The van der Waals surface area contributed by atoms with E-state index in [1.807, 2.05) is 43.6 Å². The van der Waals surface area contributed by atoms with E-state index in [2.05, 4.69) is 27.4 Å². The van der Waals surface area contributed by atoms with E-state index in [1.165, 1.54) is 0 Å². The first-order chi connectivity index (χ1) is 17.2. The summed E-state index contributed by atoms with van der Waals surface area (Å²) >= 11 is 5.03. The lowest BCUT2D eigenvalue weighted by molar-refractivity contribution is -0.227. The highest BCUT2D eigenvalue weighted by atomic mass is 79.9. The summed E-state index contributed by atoms with van der Waals surface area (Å²) in [7, 11) is 1.83. The first kappa shape index (κ1) is 24.2. The van der Waals surface area contributed by atoms with Crippen LogP contribution in [0.5, 0.6) is 11.5 Å². The fraction of sp³-hybridized carbons (Fsp3) is 0.464. The molecular formula is C28H31BrN2O4S. The minimum Gasteiger partial charge on any atom is -0.504 e. The van der Waals surface area contributed by atoms with Crippen molar-refractivity contribution in [3.05, 3.63) is 62.8 Å². The van der Waals surface area contributed by atoms with E-state index >= 15 is 0 Å². The molecule has 5 atom stereocenters. The maximum absolute atomic E-state index is 13.4. The zero-order chi connectivity index (χ0) is 25.5. The van der Waals surface area contributed by atoms with Crippen LogP contribution in [-0.2, 0) is 16.6 Å². The number of likely N-dealkylation sites (N-methyl/N-ethyl adjacent to an activating group) is 1. The number of ether oxygens (including phenoxy) is 1. The largest absolute Gasteiger partial charge is 0.504 e. The summed E-state index contributed by atoms with van der Waals surface area (Å²) in [6, 6.07) is 5.32. The number of phenols is 1. The average Bonchev–Trinajstić information content (AvgIpc) is 3.38. The molecule has 1 saturated carbocycles. The standard InChI is InChI=1S/C28H31BrN2O4S/c1-4-12-31-13-11-27-24-17-5-7-20(32)25(24)35-26(27,2)21(9-10-28(27,34)22(31)14-17)30(3)23(33)8-6-19-15-18(29)16-36-19/h4-8,15-16,21-22,32,34H,1,9-14H2,2-3H3/b8-6+/t21-,22+,26-,27-,28+/m0/s1. The van der Waals surface area contributed by atoms with Crippen LogP contribution in [0.25, 0.3) is 6.08 Å². The molecule has 0 radical (unpaired) electrons. The van der Waals surface area contributed by atoms with Crippen molar-refractivity contribution in [3.8, 4) is 11.5 Å². The van der Waals surface area contributed by atoms with Crippen LogP contribution in [0.2, 0.25) is 0 Å².